The van der Waals surface area contributed by atoms with E-state index in [2.05, 4.69) is 0 Å². The number of rotatable bonds is 4. The number of thioether (sulfide) groups is 1. The van der Waals surface area contributed by atoms with E-state index in [1.54, 1.807) is 0 Å². The Morgan fingerprint density at radius 1 is 1.43 bits per heavy atom. The van der Waals surface area contributed by atoms with E-state index in [0.717, 1.165) is 22.7 Å². The van der Waals surface area contributed by atoms with Crippen molar-refractivity contribution in [3.63, 3.8) is 0 Å². The van der Waals surface area contributed by atoms with Crippen LogP contribution in [0.15, 0.2) is 23.1 Å². The summed E-state index contributed by atoms with van der Waals surface area (Å²) in [7, 11) is 0. The molecule has 0 radical (unpaired) electrons. The molecule has 2 rings (SSSR count). The molecule has 1 aromatic carbocycles. The first-order valence-electron chi connectivity index (χ1n) is 6.17. The fourth-order valence-corrected chi connectivity index (χ4v) is 2.73. The van der Waals surface area contributed by atoms with Crippen LogP contribution in [0.5, 0.6) is 5.75 Å². The van der Waals surface area contributed by atoms with E-state index < -0.39 is 22.3 Å². The fraction of sp³-hybridized carbons (Fsp3) is 0.231. The van der Waals surface area contributed by atoms with Crippen molar-refractivity contribution in [1.29, 1.82) is 0 Å². The molecule has 7 nitrogen and oxygen atoms in total. The number of phenols is 1. The Hall–Kier alpha value is -2.35. The van der Waals surface area contributed by atoms with Gasteiger partial charge in [-0.15, -0.1) is 0 Å². The molecule has 2 amide bonds. The first-order chi connectivity index (χ1) is 9.95. The number of imide groups is 1. The number of carbonyl (C=O) groups excluding carboxylic acids is 2. The van der Waals surface area contributed by atoms with Crippen molar-refractivity contribution in [2.75, 3.05) is 6.54 Å². The predicted octanol–water partition coefficient (Wildman–Crippen LogP) is 2.75. The maximum atomic E-state index is 12.0. The summed E-state index contributed by atoms with van der Waals surface area (Å²) in [6.45, 7) is 2.17. The van der Waals surface area contributed by atoms with Gasteiger partial charge < -0.3 is 5.11 Å². The molecule has 8 heteroatoms. The summed E-state index contributed by atoms with van der Waals surface area (Å²) in [5.41, 5.74) is -0.317. The largest absolute Gasteiger partial charge is 0.502 e. The van der Waals surface area contributed by atoms with Gasteiger partial charge in [0, 0.05) is 18.2 Å². The highest BCUT2D eigenvalue weighted by Gasteiger charge is 2.34. The average Bonchev–Trinajstić information content (AvgIpc) is 2.69. The molecule has 0 saturated carbocycles. The van der Waals surface area contributed by atoms with Crippen molar-refractivity contribution in [2.24, 2.45) is 0 Å². The van der Waals surface area contributed by atoms with E-state index in [-0.39, 0.29) is 15.7 Å². The van der Waals surface area contributed by atoms with Crippen LogP contribution in [-0.2, 0) is 4.79 Å². The van der Waals surface area contributed by atoms with Gasteiger partial charge in [-0.25, -0.2) is 0 Å². The molecule has 0 aromatic heterocycles. The number of nitrogens with zero attached hydrogens (tertiary/aromatic N) is 2. The zero-order valence-electron chi connectivity index (χ0n) is 11.1. The third kappa shape index (κ3) is 2.89. The smallest absolute Gasteiger partial charge is 0.311 e. The minimum atomic E-state index is -0.713. The van der Waals surface area contributed by atoms with Crippen LogP contribution in [0.1, 0.15) is 18.9 Å². The second-order valence-corrected chi connectivity index (χ2v) is 5.30. The summed E-state index contributed by atoms with van der Waals surface area (Å²) >= 11 is 0.757. The van der Waals surface area contributed by atoms with E-state index in [9.17, 15) is 24.8 Å². The van der Waals surface area contributed by atoms with Crippen LogP contribution < -0.4 is 0 Å². The number of hydrogen-bond acceptors (Lipinski definition) is 6. The van der Waals surface area contributed by atoms with Gasteiger partial charge in [-0.3, -0.25) is 24.6 Å². The molecule has 0 aliphatic carbocycles. The van der Waals surface area contributed by atoms with Gasteiger partial charge in [0.15, 0.2) is 0 Å². The molecule has 1 heterocycles. The van der Waals surface area contributed by atoms with Gasteiger partial charge in [0.25, 0.3) is 11.1 Å². The van der Waals surface area contributed by atoms with E-state index >= 15 is 0 Å². The topological polar surface area (TPSA) is 101 Å². The van der Waals surface area contributed by atoms with Crippen LogP contribution in [0, 0.1) is 10.1 Å². The molecule has 1 saturated heterocycles. The molecule has 110 valence electrons. The lowest BCUT2D eigenvalue weighted by atomic mass is 10.1. The van der Waals surface area contributed by atoms with E-state index in [0.29, 0.717) is 13.0 Å². The lowest BCUT2D eigenvalue weighted by Crippen LogP contribution is -2.28. The van der Waals surface area contributed by atoms with Gasteiger partial charge >= 0.3 is 5.69 Å². The molecular weight excluding hydrogens is 296 g/mol. The molecule has 0 spiro atoms. The van der Waals surface area contributed by atoms with Crippen LogP contribution in [0.25, 0.3) is 6.08 Å². The number of carbonyl (C=O) groups is 2. The van der Waals surface area contributed by atoms with Gasteiger partial charge in [-0.05, 0) is 24.3 Å². The van der Waals surface area contributed by atoms with Crippen molar-refractivity contribution < 1.29 is 19.6 Å². The normalized spacial score (nSPS) is 16.8. The molecule has 21 heavy (non-hydrogen) atoms. The number of nitro groups is 1. The standard InChI is InChI=1S/C13H12N2O5S/c1-2-6-14-12(17)10(21-13(14)18)7-8-4-3-5-9(11(8)16)15(19)20/h3-5,7,16H,2,6H2,1H3/b10-7+. The minimum absolute atomic E-state index is 0.131. The summed E-state index contributed by atoms with van der Waals surface area (Å²) in [4.78, 5) is 35.0. The van der Waals surface area contributed by atoms with Crippen LogP contribution in [-0.4, -0.2) is 32.6 Å². The molecule has 1 aromatic rings. The molecule has 0 atom stereocenters. The van der Waals surface area contributed by atoms with Gasteiger partial charge in [0.05, 0.1) is 9.83 Å². The van der Waals surface area contributed by atoms with Gasteiger partial charge in [-0.1, -0.05) is 19.1 Å². The van der Waals surface area contributed by atoms with E-state index in [1.165, 1.54) is 18.2 Å². The zero-order chi connectivity index (χ0) is 15.6. The van der Waals surface area contributed by atoms with Crippen LogP contribution in [0.2, 0.25) is 0 Å². The van der Waals surface area contributed by atoms with Crippen molar-refractivity contribution >= 4 is 34.7 Å². The summed E-state index contributed by atoms with van der Waals surface area (Å²) in [5.74, 6) is -0.970. The number of aromatic hydroxyl groups is 1. The van der Waals surface area contributed by atoms with Gasteiger partial charge in [0.1, 0.15) is 0 Å². The molecule has 1 aliphatic heterocycles. The van der Waals surface area contributed by atoms with Gasteiger partial charge in [0.2, 0.25) is 5.75 Å². The SMILES string of the molecule is CCCN1C(=O)S/C(=C/c2cccc([N+](=O)[O-])c2O)C1=O. The monoisotopic (exact) mass is 308 g/mol. The highest BCUT2D eigenvalue weighted by atomic mass is 32.2. The third-order valence-electron chi connectivity index (χ3n) is 2.85. The van der Waals surface area contributed by atoms with E-state index in [4.69, 9.17) is 0 Å². The van der Waals surface area contributed by atoms with Crippen molar-refractivity contribution in [3.05, 3.63) is 38.8 Å². The Morgan fingerprint density at radius 2 is 2.14 bits per heavy atom. The Balaban J connectivity index is 2.37. The number of amides is 2. The minimum Gasteiger partial charge on any atom is -0.502 e. The Bertz CT molecular complexity index is 656. The quantitative estimate of drug-likeness (QED) is 0.521. The molecule has 0 unspecified atom stereocenters. The lowest BCUT2D eigenvalue weighted by Gasteiger charge is -2.09. The maximum absolute atomic E-state index is 12.0. The molecule has 1 aliphatic rings. The number of benzene rings is 1. The lowest BCUT2D eigenvalue weighted by molar-refractivity contribution is -0.385. The molecular formula is C13H12N2O5S. The number of phenolic OH excluding ortho intramolecular Hbond substituents is 1. The number of hydrogen-bond donors (Lipinski definition) is 1. The first kappa shape index (κ1) is 15.0. The molecule has 1 N–H and O–H groups in total. The molecule has 1 fully saturated rings. The summed E-state index contributed by atoms with van der Waals surface area (Å²) in [5, 5.41) is 20.2. The Morgan fingerprint density at radius 3 is 2.76 bits per heavy atom. The zero-order valence-corrected chi connectivity index (χ0v) is 11.9. The fourth-order valence-electron chi connectivity index (χ4n) is 1.87. The highest BCUT2D eigenvalue weighted by molar-refractivity contribution is 8.18. The second kappa shape index (κ2) is 5.96. The molecule has 0 bridgehead atoms. The van der Waals surface area contributed by atoms with Crippen molar-refractivity contribution in [3.8, 4) is 5.75 Å². The maximum Gasteiger partial charge on any atom is 0.311 e. The van der Waals surface area contributed by atoms with Crippen molar-refractivity contribution in [2.45, 2.75) is 13.3 Å². The summed E-state index contributed by atoms with van der Waals surface area (Å²) in [6, 6.07) is 4.01. The van der Waals surface area contributed by atoms with Gasteiger partial charge in [-0.2, -0.15) is 0 Å². The third-order valence-corrected chi connectivity index (χ3v) is 3.76. The first-order valence-corrected chi connectivity index (χ1v) is 6.99. The van der Waals surface area contributed by atoms with Crippen LogP contribution >= 0.6 is 11.8 Å². The Kier molecular flexibility index (Phi) is 4.27. The number of para-hydroxylation sites is 1. The van der Waals surface area contributed by atoms with Crippen LogP contribution in [0.4, 0.5) is 10.5 Å². The summed E-state index contributed by atoms with van der Waals surface area (Å²) < 4.78 is 0. The second-order valence-electron chi connectivity index (χ2n) is 4.31. The van der Waals surface area contributed by atoms with Crippen molar-refractivity contribution in [1.82, 2.24) is 4.90 Å². The predicted molar refractivity (Wildman–Crippen MR) is 77.7 cm³/mol. The number of nitro benzene ring substituents is 1. The highest BCUT2D eigenvalue weighted by Crippen LogP contribution is 2.36. The van der Waals surface area contributed by atoms with E-state index in [1.807, 2.05) is 6.92 Å². The average molecular weight is 308 g/mol. The van der Waals surface area contributed by atoms with Crippen LogP contribution in [0.3, 0.4) is 0 Å². The summed E-state index contributed by atoms with van der Waals surface area (Å²) in [6.07, 6.45) is 1.94. The Labute approximate surface area is 124 Å².